The van der Waals surface area contributed by atoms with Gasteiger partial charge in [0.05, 0.1) is 4.90 Å². The normalized spacial score (nSPS) is 11.3. The van der Waals surface area contributed by atoms with E-state index in [0.717, 1.165) is 15.6 Å². The summed E-state index contributed by atoms with van der Waals surface area (Å²) in [5.74, 6) is 1.07. The van der Waals surface area contributed by atoms with Gasteiger partial charge in [0, 0.05) is 25.3 Å². The molecule has 3 aromatic rings. The summed E-state index contributed by atoms with van der Waals surface area (Å²) < 4.78 is 31.1. The zero-order chi connectivity index (χ0) is 21.0. The molecule has 0 aliphatic carbocycles. The van der Waals surface area contributed by atoms with Gasteiger partial charge in [-0.15, -0.1) is 0 Å². The molecule has 0 aliphatic rings. The van der Waals surface area contributed by atoms with Crippen LogP contribution in [0.4, 0.5) is 5.69 Å². The molecule has 0 fully saturated rings. The summed E-state index contributed by atoms with van der Waals surface area (Å²) in [7, 11) is -0.603. The van der Waals surface area contributed by atoms with Gasteiger partial charge < -0.3 is 10.1 Å². The lowest BCUT2D eigenvalue weighted by atomic mass is 10.2. The van der Waals surface area contributed by atoms with Crippen LogP contribution in [0.2, 0.25) is 0 Å². The van der Waals surface area contributed by atoms with Crippen molar-refractivity contribution in [2.24, 2.45) is 0 Å². The summed E-state index contributed by atoms with van der Waals surface area (Å²) in [5, 5.41) is 2.78. The smallest absolute Gasteiger partial charge is 0.255 e. The molecule has 0 atom stereocenters. The lowest BCUT2D eigenvalue weighted by molar-refractivity contribution is 0.102. The van der Waals surface area contributed by atoms with E-state index in [1.807, 2.05) is 31.2 Å². The van der Waals surface area contributed by atoms with Gasteiger partial charge in [0.1, 0.15) is 11.5 Å². The van der Waals surface area contributed by atoms with Crippen LogP contribution in [0.15, 0.2) is 77.7 Å². The van der Waals surface area contributed by atoms with E-state index in [4.69, 9.17) is 4.74 Å². The largest absolute Gasteiger partial charge is 0.457 e. The molecule has 0 saturated carbocycles. The minimum absolute atomic E-state index is 0.136. The number of nitrogens with one attached hydrogen (secondary N) is 1. The van der Waals surface area contributed by atoms with Gasteiger partial charge in [0.2, 0.25) is 10.0 Å². The Morgan fingerprint density at radius 1 is 0.828 bits per heavy atom. The van der Waals surface area contributed by atoms with Crippen molar-refractivity contribution in [1.29, 1.82) is 0 Å². The summed E-state index contributed by atoms with van der Waals surface area (Å²) in [6.45, 7) is 2.01. The van der Waals surface area contributed by atoms with Gasteiger partial charge in [-0.2, -0.15) is 0 Å². The zero-order valence-electron chi connectivity index (χ0n) is 16.4. The molecular formula is C22H22N2O4S. The second-order valence-corrected chi connectivity index (χ2v) is 8.86. The molecular weight excluding hydrogens is 388 g/mol. The first-order valence-corrected chi connectivity index (χ1v) is 10.4. The van der Waals surface area contributed by atoms with E-state index in [-0.39, 0.29) is 10.8 Å². The molecule has 0 aromatic heterocycles. The number of nitrogens with zero attached hydrogens (tertiary/aromatic N) is 1. The Hall–Kier alpha value is -3.16. The number of ether oxygens (including phenoxy) is 1. The SMILES string of the molecule is Cc1ccc(Oc2ccc(NC(=O)c3ccc(S(=O)(=O)N(C)C)cc3)cc2)cc1. The molecule has 7 heteroatoms. The lowest BCUT2D eigenvalue weighted by Crippen LogP contribution is -2.22. The maximum atomic E-state index is 12.4. The maximum Gasteiger partial charge on any atom is 0.255 e. The van der Waals surface area contributed by atoms with Gasteiger partial charge >= 0.3 is 0 Å². The first-order chi connectivity index (χ1) is 13.8. The molecule has 150 valence electrons. The molecule has 6 nitrogen and oxygen atoms in total. The third kappa shape index (κ3) is 5.01. The van der Waals surface area contributed by atoms with Gasteiger partial charge in [-0.25, -0.2) is 12.7 Å². The minimum atomic E-state index is -3.52. The highest BCUT2D eigenvalue weighted by molar-refractivity contribution is 7.89. The van der Waals surface area contributed by atoms with Crippen LogP contribution in [0.25, 0.3) is 0 Å². The molecule has 0 bridgehead atoms. The number of hydrogen-bond acceptors (Lipinski definition) is 4. The van der Waals surface area contributed by atoms with Crippen molar-refractivity contribution in [3.63, 3.8) is 0 Å². The van der Waals surface area contributed by atoms with Crippen LogP contribution < -0.4 is 10.1 Å². The number of hydrogen-bond donors (Lipinski definition) is 1. The number of carbonyl (C=O) groups is 1. The molecule has 1 N–H and O–H groups in total. The Balaban J connectivity index is 1.65. The highest BCUT2D eigenvalue weighted by Crippen LogP contribution is 2.23. The van der Waals surface area contributed by atoms with Crippen LogP contribution in [0.3, 0.4) is 0 Å². The van der Waals surface area contributed by atoms with E-state index in [9.17, 15) is 13.2 Å². The van der Waals surface area contributed by atoms with E-state index in [2.05, 4.69) is 5.32 Å². The molecule has 0 spiro atoms. The molecule has 0 heterocycles. The van der Waals surface area contributed by atoms with E-state index >= 15 is 0 Å². The number of sulfonamides is 1. The number of amides is 1. The number of benzene rings is 3. The molecule has 0 saturated heterocycles. The summed E-state index contributed by atoms with van der Waals surface area (Å²) in [6, 6.07) is 20.6. The average Bonchev–Trinajstić information content (AvgIpc) is 2.71. The van der Waals surface area contributed by atoms with Crippen molar-refractivity contribution >= 4 is 21.6 Å². The second kappa shape index (κ2) is 8.46. The van der Waals surface area contributed by atoms with Crippen molar-refractivity contribution in [3.8, 4) is 11.5 Å². The minimum Gasteiger partial charge on any atom is -0.457 e. The van der Waals surface area contributed by atoms with E-state index < -0.39 is 10.0 Å². The van der Waals surface area contributed by atoms with Crippen molar-refractivity contribution in [2.75, 3.05) is 19.4 Å². The lowest BCUT2D eigenvalue weighted by Gasteiger charge is -2.12. The highest BCUT2D eigenvalue weighted by atomic mass is 32.2. The second-order valence-electron chi connectivity index (χ2n) is 6.71. The van der Waals surface area contributed by atoms with Gasteiger partial charge in [0.15, 0.2) is 0 Å². The Bertz CT molecular complexity index is 1090. The monoisotopic (exact) mass is 410 g/mol. The van der Waals surface area contributed by atoms with Crippen LogP contribution in [-0.2, 0) is 10.0 Å². The maximum absolute atomic E-state index is 12.4. The van der Waals surface area contributed by atoms with E-state index in [0.29, 0.717) is 17.0 Å². The highest BCUT2D eigenvalue weighted by Gasteiger charge is 2.17. The molecule has 3 aromatic carbocycles. The first kappa shape index (κ1) is 20.6. The predicted octanol–water partition coefficient (Wildman–Crippen LogP) is 4.29. The summed E-state index contributed by atoms with van der Waals surface area (Å²) in [6.07, 6.45) is 0. The average molecular weight is 410 g/mol. The summed E-state index contributed by atoms with van der Waals surface area (Å²) in [5.41, 5.74) is 2.13. The fourth-order valence-electron chi connectivity index (χ4n) is 2.54. The van der Waals surface area contributed by atoms with Crippen LogP contribution >= 0.6 is 0 Å². The standard InChI is InChI=1S/C22H22N2O4S/c1-16-4-10-19(11-5-16)28-20-12-8-18(9-13-20)23-22(25)17-6-14-21(15-7-17)29(26,27)24(2)3/h4-15H,1-3H3,(H,23,25). The van der Waals surface area contributed by atoms with E-state index in [1.54, 1.807) is 24.3 Å². The predicted molar refractivity (Wildman–Crippen MR) is 113 cm³/mol. The van der Waals surface area contributed by atoms with Gasteiger partial charge in [-0.05, 0) is 67.6 Å². The molecule has 0 aliphatic heterocycles. The fraction of sp³-hybridized carbons (Fsp3) is 0.136. The van der Waals surface area contributed by atoms with Crippen molar-refractivity contribution in [3.05, 3.63) is 83.9 Å². The number of carbonyl (C=O) groups excluding carboxylic acids is 1. The Morgan fingerprint density at radius 2 is 1.34 bits per heavy atom. The number of rotatable bonds is 6. The molecule has 3 rings (SSSR count). The number of aryl methyl sites for hydroxylation is 1. The third-order valence-electron chi connectivity index (χ3n) is 4.26. The van der Waals surface area contributed by atoms with Crippen molar-refractivity contribution in [2.45, 2.75) is 11.8 Å². The van der Waals surface area contributed by atoms with Gasteiger partial charge in [-0.3, -0.25) is 4.79 Å². The topological polar surface area (TPSA) is 75.7 Å². The van der Waals surface area contributed by atoms with Crippen LogP contribution in [0, 0.1) is 6.92 Å². The van der Waals surface area contributed by atoms with Crippen molar-refractivity contribution in [1.82, 2.24) is 4.31 Å². The molecule has 29 heavy (non-hydrogen) atoms. The van der Waals surface area contributed by atoms with Gasteiger partial charge in [-0.1, -0.05) is 17.7 Å². The molecule has 0 unspecified atom stereocenters. The van der Waals surface area contributed by atoms with Crippen LogP contribution in [-0.4, -0.2) is 32.7 Å². The van der Waals surface area contributed by atoms with Crippen molar-refractivity contribution < 1.29 is 17.9 Å². The Labute approximate surface area is 170 Å². The zero-order valence-corrected chi connectivity index (χ0v) is 17.2. The third-order valence-corrected chi connectivity index (χ3v) is 6.09. The molecule has 0 radical (unpaired) electrons. The van der Waals surface area contributed by atoms with Gasteiger partial charge in [0.25, 0.3) is 5.91 Å². The van der Waals surface area contributed by atoms with E-state index in [1.165, 1.54) is 38.4 Å². The fourth-order valence-corrected chi connectivity index (χ4v) is 3.44. The van der Waals surface area contributed by atoms with Crippen LogP contribution in [0.1, 0.15) is 15.9 Å². The van der Waals surface area contributed by atoms with Crippen LogP contribution in [0.5, 0.6) is 11.5 Å². The molecule has 1 amide bonds. The first-order valence-electron chi connectivity index (χ1n) is 8.94. The Kier molecular flexibility index (Phi) is 6.00. The quantitative estimate of drug-likeness (QED) is 0.658. The summed E-state index contributed by atoms with van der Waals surface area (Å²) in [4.78, 5) is 12.6. The summed E-state index contributed by atoms with van der Waals surface area (Å²) >= 11 is 0. The Morgan fingerprint density at radius 3 is 1.86 bits per heavy atom. The number of anilines is 1.